The lowest BCUT2D eigenvalue weighted by atomic mass is 9.86. The zero-order valence-electron chi connectivity index (χ0n) is 22.9. The number of fused-ring (bicyclic) bond motifs is 6. The fourth-order valence-corrected chi connectivity index (χ4v) is 6.96. The van der Waals surface area contributed by atoms with Gasteiger partial charge in [-0.3, -0.25) is 4.90 Å². The van der Waals surface area contributed by atoms with Gasteiger partial charge < -0.3 is 4.57 Å². The molecule has 0 saturated carbocycles. The number of anilines is 3. The van der Waals surface area contributed by atoms with E-state index in [2.05, 4.69) is 133 Å². The smallest absolute Gasteiger partial charge is 0.138 e. The number of allylic oxidation sites excluding steroid dienone is 6. The standard InChI is InChI=1S/C37H31N3/c1-24-20-25(2)38-37(21-24)40-34-15-7-5-13-29(34)31-22-27-18-19-39(33-17-9-11-26-10-3-4-12-28(26)33)36(27)23-32(31)30-14-6-8-16-35(30)40/h4-9,11-16,18-23,33H,3,10,17H2,1-2H3. The molecule has 5 aromatic rings. The van der Waals surface area contributed by atoms with E-state index in [1.54, 1.807) is 0 Å². The summed E-state index contributed by atoms with van der Waals surface area (Å²) in [5.41, 5.74) is 13.8. The fraction of sp³-hybridized carbons (Fsp3) is 0.162. The first-order chi connectivity index (χ1) is 19.7. The molecule has 0 amide bonds. The summed E-state index contributed by atoms with van der Waals surface area (Å²) in [7, 11) is 0. The summed E-state index contributed by atoms with van der Waals surface area (Å²) in [5, 5.41) is 1.28. The van der Waals surface area contributed by atoms with Crippen LogP contribution in [0, 0.1) is 13.8 Å². The maximum absolute atomic E-state index is 5.02. The van der Waals surface area contributed by atoms with Gasteiger partial charge in [0.2, 0.25) is 0 Å². The molecule has 2 aliphatic carbocycles. The van der Waals surface area contributed by atoms with Crippen LogP contribution in [0.2, 0.25) is 0 Å². The highest BCUT2D eigenvalue weighted by Gasteiger charge is 2.28. The van der Waals surface area contributed by atoms with Gasteiger partial charge in [0, 0.05) is 33.9 Å². The summed E-state index contributed by atoms with van der Waals surface area (Å²) < 4.78 is 2.51. The summed E-state index contributed by atoms with van der Waals surface area (Å²) in [6, 6.07) is 29.4. The first-order valence-corrected chi connectivity index (χ1v) is 14.3. The number of pyridine rings is 1. The van der Waals surface area contributed by atoms with Crippen LogP contribution in [-0.2, 0) is 0 Å². The molecule has 194 valence electrons. The van der Waals surface area contributed by atoms with Crippen molar-refractivity contribution in [1.29, 1.82) is 0 Å². The van der Waals surface area contributed by atoms with Gasteiger partial charge in [-0.2, -0.15) is 0 Å². The molecule has 3 nitrogen and oxygen atoms in total. The van der Waals surface area contributed by atoms with Crippen molar-refractivity contribution in [1.82, 2.24) is 9.55 Å². The number of hydrogen-bond acceptors (Lipinski definition) is 2. The van der Waals surface area contributed by atoms with Crippen molar-refractivity contribution in [2.75, 3.05) is 4.90 Å². The third kappa shape index (κ3) is 3.54. The number of nitrogens with zero attached hydrogens (tertiary/aromatic N) is 3. The molecule has 1 unspecified atom stereocenters. The van der Waals surface area contributed by atoms with Crippen molar-refractivity contribution < 1.29 is 0 Å². The minimum Gasteiger partial charge on any atom is -0.340 e. The number of rotatable bonds is 2. The highest BCUT2D eigenvalue weighted by atomic mass is 15.2. The molecule has 0 fully saturated rings. The number of aromatic nitrogens is 2. The van der Waals surface area contributed by atoms with Gasteiger partial charge in [0.15, 0.2) is 0 Å². The van der Waals surface area contributed by atoms with Crippen LogP contribution >= 0.6 is 0 Å². The van der Waals surface area contributed by atoms with E-state index in [1.165, 1.54) is 49.9 Å². The average Bonchev–Trinajstić information content (AvgIpc) is 3.34. The minimum absolute atomic E-state index is 0.330. The second kappa shape index (κ2) is 8.96. The van der Waals surface area contributed by atoms with E-state index in [9.17, 15) is 0 Å². The van der Waals surface area contributed by atoms with Crippen LogP contribution in [0.15, 0.2) is 121 Å². The largest absolute Gasteiger partial charge is 0.340 e. The van der Waals surface area contributed by atoms with Gasteiger partial charge in [-0.15, -0.1) is 0 Å². The molecule has 0 radical (unpaired) electrons. The molecule has 0 saturated heterocycles. The molecule has 3 aliphatic rings. The Morgan fingerprint density at radius 3 is 2.27 bits per heavy atom. The van der Waals surface area contributed by atoms with Crippen LogP contribution < -0.4 is 4.90 Å². The van der Waals surface area contributed by atoms with E-state index in [0.29, 0.717) is 6.04 Å². The Bertz CT molecular complexity index is 1900. The van der Waals surface area contributed by atoms with Gasteiger partial charge in [-0.25, -0.2) is 4.98 Å². The molecule has 8 rings (SSSR count). The lowest BCUT2D eigenvalue weighted by Crippen LogP contribution is -2.14. The predicted octanol–water partition coefficient (Wildman–Crippen LogP) is 9.92. The van der Waals surface area contributed by atoms with E-state index in [1.807, 2.05) is 0 Å². The molecule has 1 atom stereocenters. The number of para-hydroxylation sites is 2. The Kier molecular flexibility index (Phi) is 5.21. The molecule has 0 bridgehead atoms. The lowest BCUT2D eigenvalue weighted by Gasteiger charge is -2.28. The summed E-state index contributed by atoms with van der Waals surface area (Å²) in [4.78, 5) is 7.37. The van der Waals surface area contributed by atoms with Gasteiger partial charge in [0.05, 0.1) is 17.4 Å². The van der Waals surface area contributed by atoms with Crippen LogP contribution in [0.25, 0.3) is 33.2 Å². The Hall–Kier alpha value is -4.63. The third-order valence-electron chi connectivity index (χ3n) is 8.66. The van der Waals surface area contributed by atoms with Gasteiger partial charge in [-0.05, 0) is 103 Å². The van der Waals surface area contributed by atoms with Crippen LogP contribution in [0.3, 0.4) is 0 Å². The molecule has 3 heteroatoms. The third-order valence-corrected chi connectivity index (χ3v) is 8.66. The lowest BCUT2D eigenvalue weighted by molar-refractivity contribution is 0.594. The molecule has 2 aromatic heterocycles. The van der Waals surface area contributed by atoms with Crippen molar-refractivity contribution >= 4 is 28.1 Å². The Balaban J connectivity index is 1.39. The van der Waals surface area contributed by atoms with Gasteiger partial charge in [0.1, 0.15) is 5.82 Å². The van der Waals surface area contributed by atoms with Gasteiger partial charge >= 0.3 is 0 Å². The molecule has 0 spiro atoms. The Morgan fingerprint density at radius 1 is 0.750 bits per heavy atom. The van der Waals surface area contributed by atoms with E-state index >= 15 is 0 Å². The summed E-state index contributed by atoms with van der Waals surface area (Å²) in [5.74, 6) is 0.955. The van der Waals surface area contributed by atoms with Gasteiger partial charge in [0.25, 0.3) is 0 Å². The molecular formula is C37H31N3. The van der Waals surface area contributed by atoms with Crippen LogP contribution in [0.1, 0.15) is 36.6 Å². The maximum Gasteiger partial charge on any atom is 0.138 e. The zero-order chi connectivity index (χ0) is 26.8. The molecule has 1 aliphatic heterocycles. The molecule has 40 heavy (non-hydrogen) atoms. The fourth-order valence-electron chi connectivity index (χ4n) is 6.96. The molecular weight excluding hydrogens is 486 g/mol. The SMILES string of the molecule is Cc1cc(C)nc(N2c3ccccc3-c3cc4ccn(C5CC=CC6=C5C=CCC6)c4cc3-c3ccccc32)c1. The Labute approximate surface area is 235 Å². The van der Waals surface area contributed by atoms with E-state index in [4.69, 9.17) is 4.98 Å². The summed E-state index contributed by atoms with van der Waals surface area (Å²) >= 11 is 0. The van der Waals surface area contributed by atoms with E-state index in [0.717, 1.165) is 42.1 Å². The number of hydrogen-bond donors (Lipinski definition) is 0. The molecule has 3 aromatic carbocycles. The summed E-state index contributed by atoms with van der Waals surface area (Å²) in [6.07, 6.45) is 15.0. The van der Waals surface area contributed by atoms with Crippen molar-refractivity contribution in [2.45, 2.75) is 39.2 Å². The minimum atomic E-state index is 0.330. The first kappa shape index (κ1) is 23.3. The van der Waals surface area contributed by atoms with Crippen molar-refractivity contribution in [3.8, 4) is 22.3 Å². The second-order valence-corrected chi connectivity index (χ2v) is 11.3. The van der Waals surface area contributed by atoms with E-state index in [-0.39, 0.29) is 0 Å². The molecule has 3 heterocycles. The second-order valence-electron chi connectivity index (χ2n) is 11.3. The quantitative estimate of drug-likeness (QED) is 0.228. The number of aryl methyl sites for hydroxylation is 2. The number of benzene rings is 3. The topological polar surface area (TPSA) is 21.1 Å². The monoisotopic (exact) mass is 517 g/mol. The van der Waals surface area contributed by atoms with Gasteiger partial charge in [-0.1, -0.05) is 60.7 Å². The molecule has 0 N–H and O–H groups in total. The maximum atomic E-state index is 5.02. The predicted molar refractivity (Wildman–Crippen MR) is 167 cm³/mol. The summed E-state index contributed by atoms with van der Waals surface area (Å²) in [6.45, 7) is 4.23. The van der Waals surface area contributed by atoms with Crippen molar-refractivity contribution in [3.05, 3.63) is 132 Å². The van der Waals surface area contributed by atoms with Crippen LogP contribution in [-0.4, -0.2) is 9.55 Å². The highest BCUT2D eigenvalue weighted by molar-refractivity contribution is 6.05. The highest BCUT2D eigenvalue weighted by Crippen LogP contribution is 2.51. The van der Waals surface area contributed by atoms with E-state index < -0.39 is 0 Å². The first-order valence-electron chi connectivity index (χ1n) is 14.3. The van der Waals surface area contributed by atoms with Crippen LogP contribution in [0.5, 0.6) is 0 Å². The van der Waals surface area contributed by atoms with Crippen molar-refractivity contribution in [2.24, 2.45) is 0 Å². The zero-order valence-corrected chi connectivity index (χ0v) is 22.9. The van der Waals surface area contributed by atoms with Crippen molar-refractivity contribution in [3.63, 3.8) is 0 Å². The van der Waals surface area contributed by atoms with Crippen LogP contribution in [0.4, 0.5) is 17.2 Å². The Morgan fingerprint density at radius 2 is 1.50 bits per heavy atom. The average molecular weight is 518 g/mol. The normalized spacial score (nSPS) is 17.4.